The standard InChI is InChI=1S/C16H28O/c1-3-13-4-6-14(7-5-13)12(2)15-8-10-16(17)11-9-15/h12-15H,3-11H2,1-2H3. The molecule has 0 radical (unpaired) electrons. The van der Waals surface area contributed by atoms with Crippen LogP contribution in [0.2, 0.25) is 0 Å². The summed E-state index contributed by atoms with van der Waals surface area (Å²) < 4.78 is 0. The van der Waals surface area contributed by atoms with Gasteiger partial charge in [-0.25, -0.2) is 0 Å². The summed E-state index contributed by atoms with van der Waals surface area (Å²) in [4.78, 5) is 11.3. The van der Waals surface area contributed by atoms with Crippen molar-refractivity contribution in [3.05, 3.63) is 0 Å². The van der Waals surface area contributed by atoms with E-state index in [2.05, 4.69) is 13.8 Å². The van der Waals surface area contributed by atoms with Crippen LogP contribution < -0.4 is 0 Å². The van der Waals surface area contributed by atoms with Crippen molar-refractivity contribution >= 4 is 5.78 Å². The molecule has 1 heteroatoms. The SMILES string of the molecule is CCC1CCC(C(C)C2CCC(=O)CC2)CC1. The third kappa shape index (κ3) is 3.33. The highest BCUT2D eigenvalue weighted by molar-refractivity contribution is 5.79. The number of carbonyl (C=O) groups excluding carboxylic acids is 1. The van der Waals surface area contributed by atoms with E-state index in [1.165, 1.54) is 44.9 Å². The molecule has 0 bridgehead atoms. The normalized spacial score (nSPS) is 33.6. The monoisotopic (exact) mass is 236 g/mol. The van der Waals surface area contributed by atoms with E-state index >= 15 is 0 Å². The van der Waals surface area contributed by atoms with E-state index in [1.807, 2.05) is 0 Å². The predicted molar refractivity (Wildman–Crippen MR) is 71.9 cm³/mol. The topological polar surface area (TPSA) is 17.1 Å². The van der Waals surface area contributed by atoms with Crippen molar-refractivity contribution in [3.8, 4) is 0 Å². The molecule has 0 aromatic rings. The fourth-order valence-electron chi connectivity index (χ4n) is 4.00. The lowest BCUT2D eigenvalue weighted by Gasteiger charge is -2.37. The Hall–Kier alpha value is -0.330. The van der Waals surface area contributed by atoms with Crippen LogP contribution in [0.4, 0.5) is 0 Å². The van der Waals surface area contributed by atoms with Crippen molar-refractivity contribution in [2.45, 2.75) is 71.6 Å². The highest BCUT2D eigenvalue weighted by Crippen LogP contribution is 2.40. The van der Waals surface area contributed by atoms with E-state index in [4.69, 9.17) is 0 Å². The van der Waals surface area contributed by atoms with Crippen LogP contribution >= 0.6 is 0 Å². The van der Waals surface area contributed by atoms with Crippen LogP contribution in [0, 0.1) is 23.7 Å². The summed E-state index contributed by atoms with van der Waals surface area (Å²) in [6, 6.07) is 0. The molecule has 98 valence electrons. The first-order valence-electron chi connectivity index (χ1n) is 7.72. The minimum atomic E-state index is 0.503. The molecule has 0 saturated heterocycles. The van der Waals surface area contributed by atoms with Gasteiger partial charge in [-0.05, 0) is 49.4 Å². The maximum absolute atomic E-state index is 11.3. The zero-order chi connectivity index (χ0) is 12.3. The number of hydrogen-bond donors (Lipinski definition) is 0. The predicted octanol–water partition coefficient (Wildman–Crippen LogP) is 4.60. The number of Topliss-reactive ketones (excluding diaryl/α,β-unsaturated/α-hetero) is 1. The third-order valence-corrected chi connectivity index (χ3v) is 5.54. The van der Waals surface area contributed by atoms with Crippen LogP contribution in [0.5, 0.6) is 0 Å². The van der Waals surface area contributed by atoms with Crippen LogP contribution in [-0.4, -0.2) is 5.78 Å². The zero-order valence-corrected chi connectivity index (χ0v) is 11.6. The van der Waals surface area contributed by atoms with E-state index in [-0.39, 0.29) is 0 Å². The number of rotatable bonds is 3. The van der Waals surface area contributed by atoms with E-state index < -0.39 is 0 Å². The summed E-state index contributed by atoms with van der Waals surface area (Å²) in [6.45, 7) is 4.79. The van der Waals surface area contributed by atoms with Gasteiger partial charge in [-0.3, -0.25) is 4.79 Å². The molecule has 0 amide bonds. The molecule has 0 heterocycles. The van der Waals surface area contributed by atoms with Gasteiger partial charge in [-0.15, -0.1) is 0 Å². The average molecular weight is 236 g/mol. The Morgan fingerprint density at radius 1 is 1.00 bits per heavy atom. The molecule has 1 atom stereocenters. The molecule has 0 spiro atoms. The van der Waals surface area contributed by atoms with Gasteiger partial charge in [0, 0.05) is 12.8 Å². The maximum Gasteiger partial charge on any atom is 0.132 e. The number of carbonyl (C=O) groups is 1. The highest BCUT2D eigenvalue weighted by atomic mass is 16.1. The van der Waals surface area contributed by atoms with Crippen molar-refractivity contribution in [2.24, 2.45) is 23.7 Å². The fourth-order valence-corrected chi connectivity index (χ4v) is 4.00. The highest BCUT2D eigenvalue weighted by Gasteiger charge is 2.31. The van der Waals surface area contributed by atoms with E-state index in [0.29, 0.717) is 5.78 Å². The Labute approximate surface area is 106 Å². The molecule has 1 nitrogen and oxygen atoms in total. The lowest BCUT2D eigenvalue weighted by molar-refractivity contribution is -0.121. The van der Waals surface area contributed by atoms with Gasteiger partial charge in [0.2, 0.25) is 0 Å². The van der Waals surface area contributed by atoms with Crippen molar-refractivity contribution in [2.75, 3.05) is 0 Å². The molecule has 0 aliphatic heterocycles. The lowest BCUT2D eigenvalue weighted by Crippen LogP contribution is -2.28. The van der Waals surface area contributed by atoms with Gasteiger partial charge in [0.15, 0.2) is 0 Å². The Bertz CT molecular complexity index is 240. The van der Waals surface area contributed by atoms with Gasteiger partial charge < -0.3 is 0 Å². The minimum Gasteiger partial charge on any atom is -0.300 e. The molecular weight excluding hydrogens is 208 g/mol. The van der Waals surface area contributed by atoms with Crippen LogP contribution in [0.3, 0.4) is 0 Å². The van der Waals surface area contributed by atoms with Crippen molar-refractivity contribution in [1.29, 1.82) is 0 Å². The molecule has 2 saturated carbocycles. The largest absolute Gasteiger partial charge is 0.300 e. The second kappa shape index (κ2) is 6.02. The molecule has 2 fully saturated rings. The van der Waals surface area contributed by atoms with E-state index in [9.17, 15) is 4.79 Å². The molecule has 2 aliphatic rings. The zero-order valence-electron chi connectivity index (χ0n) is 11.6. The van der Waals surface area contributed by atoms with Gasteiger partial charge in [-0.2, -0.15) is 0 Å². The first-order valence-corrected chi connectivity index (χ1v) is 7.72. The van der Waals surface area contributed by atoms with Crippen LogP contribution in [0.25, 0.3) is 0 Å². The van der Waals surface area contributed by atoms with E-state index in [1.54, 1.807) is 0 Å². The van der Waals surface area contributed by atoms with Gasteiger partial charge in [0.25, 0.3) is 0 Å². The van der Waals surface area contributed by atoms with Crippen LogP contribution in [-0.2, 0) is 4.79 Å². The molecule has 0 aromatic heterocycles. The summed E-state index contributed by atoms with van der Waals surface area (Å²) >= 11 is 0. The van der Waals surface area contributed by atoms with Crippen molar-refractivity contribution < 1.29 is 4.79 Å². The summed E-state index contributed by atoms with van der Waals surface area (Å²) in [5.74, 6) is 4.17. The van der Waals surface area contributed by atoms with Crippen molar-refractivity contribution in [1.82, 2.24) is 0 Å². The molecule has 2 aliphatic carbocycles. The molecular formula is C16H28O. The Morgan fingerprint density at radius 2 is 1.53 bits per heavy atom. The fraction of sp³-hybridized carbons (Fsp3) is 0.938. The number of hydrogen-bond acceptors (Lipinski definition) is 1. The molecule has 0 aromatic carbocycles. The summed E-state index contributed by atoms with van der Waals surface area (Å²) in [7, 11) is 0. The van der Waals surface area contributed by atoms with Crippen molar-refractivity contribution in [3.63, 3.8) is 0 Å². The molecule has 17 heavy (non-hydrogen) atoms. The summed E-state index contributed by atoms with van der Waals surface area (Å²) in [5.41, 5.74) is 0. The van der Waals surface area contributed by atoms with E-state index in [0.717, 1.165) is 36.5 Å². The second-order valence-corrected chi connectivity index (χ2v) is 6.42. The maximum atomic E-state index is 11.3. The number of ketones is 1. The first kappa shape index (κ1) is 13.1. The average Bonchev–Trinajstić information content (AvgIpc) is 2.39. The summed E-state index contributed by atoms with van der Waals surface area (Å²) in [5, 5.41) is 0. The van der Waals surface area contributed by atoms with Gasteiger partial charge in [-0.1, -0.05) is 33.1 Å². The van der Waals surface area contributed by atoms with Crippen LogP contribution in [0.1, 0.15) is 71.6 Å². The third-order valence-electron chi connectivity index (χ3n) is 5.54. The quantitative estimate of drug-likeness (QED) is 0.700. The Balaban J connectivity index is 1.80. The molecule has 2 rings (SSSR count). The smallest absolute Gasteiger partial charge is 0.132 e. The summed E-state index contributed by atoms with van der Waals surface area (Å²) in [6.07, 6.45) is 11.3. The second-order valence-electron chi connectivity index (χ2n) is 6.42. The lowest BCUT2D eigenvalue weighted by atomic mass is 9.68. The van der Waals surface area contributed by atoms with Gasteiger partial charge in [0.1, 0.15) is 5.78 Å². The van der Waals surface area contributed by atoms with Gasteiger partial charge in [0.05, 0.1) is 0 Å². The molecule has 1 unspecified atom stereocenters. The van der Waals surface area contributed by atoms with Gasteiger partial charge >= 0.3 is 0 Å². The minimum absolute atomic E-state index is 0.503. The van der Waals surface area contributed by atoms with Crippen LogP contribution in [0.15, 0.2) is 0 Å². The Morgan fingerprint density at radius 3 is 2.06 bits per heavy atom. The Kier molecular flexibility index (Phi) is 4.64. The first-order chi connectivity index (χ1) is 8.20. The molecule has 0 N–H and O–H groups in total.